The van der Waals surface area contributed by atoms with E-state index < -0.39 is 6.09 Å². The summed E-state index contributed by atoms with van der Waals surface area (Å²) in [4.78, 5) is 33.9. The van der Waals surface area contributed by atoms with Crippen LogP contribution in [0.15, 0.2) is 4.52 Å². The second-order valence-electron chi connectivity index (χ2n) is 6.87. The number of carbonyl (C=O) groups excluding carboxylic acids is 2. The Morgan fingerprint density at radius 2 is 2.04 bits per heavy atom. The Hall–Kier alpha value is -2.16. The monoisotopic (exact) mass is 349 g/mol. The molecule has 1 aliphatic carbocycles. The van der Waals surface area contributed by atoms with Crippen molar-refractivity contribution in [3.63, 3.8) is 0 Å². The van der Waals surface area contributed by atoms with Crippen LogP contribution < -0.4 is 0 Å². The second kappa shape index (κ2) is 6.99. The van der Waals surface area contributed by atoms with Gasteiger partial charge in [-0.05, 0) is 19.3 Å². The molecule has 9 heteroatoms. The average Bonchev–Trinajstić information content (AvgIpc) is 3.29. The lowest BCUT2D eigenvalue weighted by Gasteiger charge is -2.23. The van der Waals surface area contributed by atoms with Crippen LogP contribution in [0.4, 0.5) is 4.79 Å². The SMILES string of the molecule is O=C(CN1CCOC1=O)N1CCCN(Cc2nc(C3CC3)no2)CC1. The van der Waals surface area contributed by atoms with E-state index in [4.69, 9.17) is 9.26 Å². The molecule has 0 N–H and O–H groups in total. The molecular weight excluding hydrogens is 326 g/mol. The largest absolute Gasteiger partial charge is 0.448 e. The minimum atomic E-state index is -0.396. The van der Waals surface area contributed by atoms with Gasteiger partial charge >= 0.3 is 6.09 Å². The van der Waals surface area contributed by atoms with Crippen LogP contribution in [0, 0.1) is 0 Å². The van der Waals surface area contributed by atoms with Gasteiger partial charge in [0.2, 0.25) is 11.8 Å². The number of aromatic nitrogens is 2. The minimum Gasteiger partial charge on any atom is -0.448 e. The first-order valence-corrected chi connectivity index (χ1v) is 8.93. The second-order valence-corrected chi connectivity index (χ2v) is 6.87. The van der Waals surface area contributed by atoms with E-state index in [-0.39, 0.29) is 12.5 Å². The molecule has 0 bridgehead atoms. The van der Waals surface area contributed by atoms with Crippen molar-refractivity contribution < 1.29 is 18.8 Å². The highest BCUT2D eigenvalue weighted by Crippen LogP contribution is 2.38. The highest BCUT2D eigenvalue weighted by molar-refractivity contribution is 5.82. The zero-order valence-electron chi connectivity index (χ0n) is 14.2. The Bertz CT molecular complexity index is 644. The van der Waals surface area contributed by atoms with Crippen LogP contribution in [0.3, 0.4) is 0 Å². The summed E-state index contributed by atoms with van der Waals surface area (Å²) in [6, 6.07) is 0. The molecule has 4 rings (SSSR count). The molecular formula is C16H23N5O4. The zero-order chi connectivity index (χ0) is 17.2. The molecule has 1 aromatic rings. The van der Waals surface area contributed by atoms with Gasteiger partial charge in [0.05, 0.1) is 13.1 Å². The maximum absolute atomic E-state index is 12.4. The summed E-state index contributed by atoms with van der Waals surface area (Å²) < 4.78 is 10.2. The number of carbonyl (C=O) groups is 2. The van der Waals surface area contributed by atoms with Gasteiger partial charge in [0.1, 0.15) is 13.2 Å². The number of rotatable bonds is 5. The van der Waals surface area contributed by atoms with Crippen LogP contribution in [0.25, 0.3) is 0 Å². The van der Waals surface area contributed by atoms with Crippen molar-refractivity contribution in [3.05, 3.63) is 11.7 Å². The topological polar surface area (TPSA) is 92.0 Å². The summed E-state index contributed by atoms with van der Waals surface area (Å²) in [6.07, 6.45) is 2.81. The Balaban J connectivity index is 1.27. The summed E-state index contributed by atoms with van der Waals surface area (Å²) in [7, 11) is 0. The standard InChI is InChI=1S/C16H23N5O4/c22-14(11-21-8-9-24-16(21)23)20-5-1-4-19(6-7-20)10-13-17-15(18-25-13)12-2-3-12/h12H,1-11H2. The van der Waals surface area contributed by atoms with Crippen molar-refractivity contribution in [3.8, 4) is 0 Å². The molecule has 0 spiro atoms. The fourth-order valence-corrected chi connectivity index (χ4v) is 3.24. The van der Waals surface area contributed by atoms with Crippen molar-refractivity contribution in [1.29, 1.82) is 0 Å². The molecule has 136 valence electrons. The molecule has 0 aromatic carbocycles. The first-order valence-electron chi connectivity index (χ1n) is 8.93. The molecule has 9 nitrogen and oxygen atoms in total. The molecule has 1 saturated carbocycles. The van der Waals surface area contributed by atoms with Gasteiger partial charge in [0, 0.05) is 32.1 Å². The fraction of sp³-hybridized carbons (Fsp3) is 0.750. The summed E-state index contributed by atoms with van der Waals surface area (Å²) in [5.74, 6) is 1.96. The van der Waals surface area contributed by atoms with Crippen LogP contribution in [0.2, 0.25) is 0 Å². The van der Waals surface area contributed by atoms with Gasteiger partial charge < -0.3 is 14.2 Å². The van der Waals surface area contributed by atoms with Crippen molar-refractivity contribution in [2.24, 2.45) is 0 Å². The third kappa shape index (κ3) is 3.92. The Morgan fingerprint density at radius 3 is 2.80 bits per heavy atom. The van der Waals surface area contributed by atoms with Gasteiger partial charge in [0.25, 0.3) is 0 Å². The van der Waals surface area contributed by atoms with Gasteiger partial charge in [-0.25, -0.2) is 4.79 Å². The zero-order valence-corrected chi connectivity index (χ0v) is 14.2. The molecule has 3 heterocycles. The maximum Gasteiger partial charge on any atom is 0.410 e. The average molecular weight is 349 g/mol. The highest BCUT2D eigenvalue weighted by atomic mass is 16.6. The smallest absolute Gasteiger partial charge is 0.410 e. The molecule has 0 atom stereocenters. The molecule has 2 saturated heterocycles. The van der Waals surface area contributed by atoms with E-state index in [1.54, 1.807) is 0 Å². The first kappa shape index (κ1) is 16.3. The normalized spacial score (nSPS) is 22.2. The van der Waals surface area contributed by atoms with Gasteiger partial charge in [0.15, 0.2) is 5.82 Å². The van der Waals surface area contributed by atoms with E-state index in [1.807, 2.05) is 4.90 Å². The van der Waals surface area contributed by atoms with Crippen LogP contribution in [0.1, 0.15) is 36.9 Å². The van der Waals surface area contributed by atoms with Crippen molar-refractivity contribution in [2.45, 2.75) is 31.7 Å². The number of cyclic esters (lactones) is 1. The minimum absolute atomic E-state index is 0.0190. The number of hydrogen-bond donors (Lipinski definition) is 0. The molecule has 2 aliphatic heterocycles. The predicted molar refractivity (Wildman–Crippen MR) is 85.7 cm³/mol. The summed E-state index contributed by atoms with van der Waals surface area (Å²) in [5.41, 5.74) is 0. The van der Waals surface area contributed by atoms with Crippen LogP contribution >= 0.6 is 0 Å². The lowest BCUT2D eigenvalue weighted by atomic mass is 10.3. The van der Waals surface area contributed by atoms with E-state index in [1.165, 1.54) is 4.90 Å². The van der Waals surface area contributed by atoms with E-state index in [9.17, 15) is 9.59 Å². The van der Waals surface area contributed by atoms with E-state index in [0.717, 1.165) is 38.2 Å². The first-order chi connectivity index (χ1) is 12.2. The van der Waals surface area contributed by atoms with Gasteiger partial charge in [-0.3, -0.25) is 14.6 Å². The van der Waals surface area contributed by atoms with Crippen molar-refractivity contribution in [2.75, 3.05) is 45.9 Å². The fourth-order valence-electron chi connectivity index (χ4n) is 3.24. The lowest BCUT2D eigenvalue weighted by molar-refractivity contribution is -0.131. The van der Waals surface area contributed by atoms with Gasteiger partial charge in [-0.1, -0.05) is 5.16 Å². The van der Waals surface area contributed by atoms with Crippen LogP contribution in [-0.4, -0.2) is 82.7 Å². The number of ether oxygens (including phenoxy) is 1. The van der Waals surface area contributed by atoms with Crippen molar-refractivity contribution in [1.82, 2.24) is 24.8 Å². The predicted octanol–water partition coefficient (Wildman–Crippen LogP) is 0.434. The Morgan fingerprint density at radius 1 is 1.16 bits per heavy atom. The van der Waals surface area contributed by atoms with Gasteiger partial charge in [-0.2, -0.15) is 4.98 Å². The molecule has 1 aromatic heterocycles. The quantitative estimate of drug-likeness (QED) is 0.761. The van der Waals surface area contributed by atoms with E-state index >= 15 is 0 Å². The molecule has 3 fully saturated rings. The highest BCUT2D eigenvalue weighted by Gasteiger charge is 2.30. The van der Waals surface area contributed by atoms with Crippen LogP contribution in [-0.2, 0) is 16.1 Å². The third-order valence-corrected chi connectivity index (χ3v) is 4.90. The number of amides is 2. The molecule has 3 aliphatic rings. The molecule has 0 radical (unpaired) electrons. The number of nitrogens with zero attached hydrogens (tertiary/aromatic N) is 5. The third-order valence-electron chi connectivity index (χ3n) is 4.90. The van der Waals surface area contributed by atoms with Gasteiger partial charge in [-0.15, -0.1) is 0 Å². The number of hydrogen-bond acceptors (Lipinski definition) is 7. The van der Waals surface area contributed by atoms with E-state index in [2.05, 4.69) is 15.0 Å². The molecule has 0 unspecified atom stereocenters. The lowest BCUT2D eigenvalue weighted by Crippen LogP contribution is -2.42. The van der Waals surface area contributed by atoms with E-state index in [0.29, 0.717) is 44.6 Å². The maximum atomic E-state index is 12.4. The van der Waals surface area contributed by atoms with Crippen LogP contribution in [0.5, 0.6) is 0 Å². The summed E-state index contributed by atoms with van der Waals surface area (Å²) in [5, 5.41) is 4.05. The summed E-state index contributed by atoms with van der Waals surface area (Å²) in [6.45, 7) is 4.58. The van der Waals surface area contributed by atoms with Crippen molar-refractivity contribution >= 4 is 12.0 Å². The Labute approximate surface area is 145 Å². The molecule has 25 heavy (non-hydrogen) atoms. The molecule has 2 amide bonds. The summed E-state index contributed by atoms with van der Waals surface area (Å²) >= 11 is 0. The Kier molecular flexibility index (Phi) is 4.56.